The van der Waals surface area contributed by atoms with E-state index < -0.39 is 0 Å². The highest BCUT2D eigenvalue weighted by atomic mass is 35.5. The highest BCUT2D eigenvalue weighted by Gasteiger charge is 2.18. The first-order valence-corrected chi connectivity index (χ1v) is 5.75. The summed E-state index contributed by atoms with van der Waals surface area (Å²) in [4.78, 5) is 22.6. The average Bonchev–Trinajstić information content (AvgIpc) is 2.31. The molecule has 0 spiro atoms. The lowest BCUT2D eigenvalue weighted by Crippen LogP contribution is -2.11. The molecule has 0 aliphatic heterocycles. The molecular formula is C13H15ClO3. The molecule has 1 aromatic carbocycles. The average molecular weight is 255 g/mol. The molecule has 0 heterocycles. The fourth-order valence-corrected chi connectivity index (χ4v) is 1.79. The number of methoxy groups -OCH3 is 1. The predicted molar refractivity (Wildman–Crippen MR) is 66.1 cm³/mol. The van der Waals surface area contributed by atoms with Crippen LogP contribution in [0.25, 0.3) is 0 Å². The summed E-state index contributed by atoms with van der Waals surface area (Å²) in [5.41, 5.74) is 0.880. The molecule has 0 fully saturated rings. The minimum atomic E-state index is -0.301. The van der Waals surface area contributed by atoms with E-state index in [0.29, 0.717) is 11.4 Å². The molecule has 0 radical (unpaired) electrons. The van der Waals surface area contributed by atoms with Crippen molar-refractivity contribution in [2.75, 3.05) is 7.11 Å². The van der Waals surface area contributed by atoms with E-state index in [1.807, 2.05) is 12.1 Å². The maximum atomic E-state index is 11.5. The van der Waals surface area contributed by atoms with Crippen LogP contribution in [0, 0.1) is 0 Å². The molecule has 3 nitrogen and oxygen atoms in total. The maximum Gasteiger partial charge on any atom is 0.305 e. The van der Waals surface area contributed by atoms with Crippen molar-refractivity contribution in [1.29, 1.82) is 0 Å². The Bertz CT molecular complexity index is 398. The SMILES string of the molecule is COC(=O)CCC(C(C)=O)c1ccc(Cl)cc1. The van der Waals surface area contributed by atoms with Crippen LogP contribution in [0.3, 0.4) is 0 Å². The summed E-state index contributed by atoms with van der Waals surface area (Å²) in [5.74, 6) is -0.534. The van der Waals surface area contributed by atoms with Gasteiger partial charge in [0.25, 0.3) is 0 Å². The lowest BCUT2D eigenvalue weighted by molar-refractivity contribution is -0.140. The largest absolute Gasteiger partial charge is 0.469 e. The number of esters is 1. The second kappa shape index (κ2) is 6.40. The summed E-state index contributed by atoms with van der Waals surface area (Å²) in [7, 11) is 1.34. The van der Waals surface area contributed by atoms with Gasteiger partial charge >= 0.3 is 5.97 Å². The van der Waals surface area contributed by atoms with Crippen LogP contribution < -0.4 is 0 Å². The molecule has 0 saturated carbocycles. The Morgan fingerprint density at radius 1 is 1.29 bits per heavy atom. The Balaban J connectivity index is 2.75. The van der Waals surface area contributed by atoms with E-state index in [-0.39, 0.29) is 24.1 Å². The number of hydrogen-bond acceptors (Lipinski definition) is 3. The van der Waals surface area contributed by atoms with Crippen molar-refractivity contribution in [3.8, 4) is 0 Å². The molecular weight excluding hydrogens is 240 g/mol. The molecule has 1 rings (SSSR count). The first-order valence-electron chi connectivity index (χ1n) is 5.37. The Morgan fingerprint density at radius 2 is 1.88 bits per heavy atom. The second-order valence-corrected chi connectivity index (χ2v) is 4.27. The Labute approximate surface area is 106 Å². The van der Waals surface area contributed by atoms with Crippen LogP contribution >= 0.6 is 11.6 Å². The number of carbonyl (C=O) groups excluding carboxylic acids is 2. The number of ether oxygens (including phenoxy) is 1. The smallest absolute Gasteiger partial charge is 0.305 e. The lowest BCUT2D eigenvalue weighted by atomic mass is 9.91. The van der Waals surface area contributed by atoms with Crippen LogP contribution in [0.1, 0.15) is 31.2 Å². The number of carbonyl (C=O) groups is 2. The van der Waals surface area contributed by atoms with Gasteiger partial charge < -0.3 is 4.74 Å². The van der Waals surface area contributed by atoms with Gasteiger partial charge in [-0.2, -0.15) is 0 Å². The van der Waals surface area contributed by atoms with E-state index in [4.69, 9.17) is 11.6 Å². The second-order valence-electron chi connectivity index (χ2n) is 3.83. The first kappa shape index (κ1) is 13.7. The molecule has 1 unspecified atom stereocenters. The van der Waals surface area contributed by atoms with Gasteiger partial charge in [-0.3, -0.25) is 9.59 Å². The van der Waals surface area contributed by atoms with Gasteiger partial charge in [-0.05, 0) is 31.0 Å². The van der Waals surface area contributed by atoms with Crippen LogP contribution in [-0.4, -0.2) is 18.9 Å². The van der Waals surface area contributed by atoms with E-state index in [1.165, 1.54) is 14.0 Å². The zero-order valence-electron chi connectivity index (χ0n) is 9.90. The molecule has 0 N–H and O–H groups in total. The molecule has 0 aromatic heterocycles. The summed E-state index contributed by atoms with van der Waals surface area (Å²) >= 11 is 5.79. The molecule has 92 valence electrons. The van der Waals surface area contributed by atoms with Gasteiger partial charge in [0, 0.05) is 17.4 Å². The van der Waals surface area contributed by atoms with Gasteiger partial charge in [-0.1, -0.05) is 23.7 Å². The molecule has 1 aromatic rings. The van der Waals surface area contributed by atoms with E-state index in [9.17, 15) is 9.59 Å². The summed E-state index contributed by atoms with van der Waals surface area (Å²) in [6.45, 7) is 1.52. The normalized spacial score (nSPS) is 11.9. The third-order valence-corrected chi connectivity index (χ3v) is 2.88. The lowest BCUT2D eigenvalue weighted by Gasteiger charge is -2.13. The van der Waals surface area contributed by atoms with Crippen molar-refractivity contribution in [3.05, 3.63) is 34.9 Å². The van der Waals surface area contributed by atoms with Gasteiger partial charge in [0.15, 0.2) is 0 Å². The zero-order valence-corrected chi connectivity index (χ0v) is 10.7. The van der Waals surface area contributed by atoms with Crippen LogP contribution in [0.4, 0.5) is 0 Å². The van der Waals surface area contributed by atoms with Crippen molar-refractivity contribution in [2.24, 2.45) is 0 Å². The number of halogens is 1. The monoisotopic (exact) mass is 254 g/mol. The third kappa shape index (κ3) is 4.19. The molecule has 1 atom stereocenters. The molecule has 0 amide bonds. The number of rotatable bonds is 5. The number of benzene rings is 1. The molecule has 4 heteroatoms. The first-order chi connectivity index (χ1) is 8.04. The summed E-state index contributed by atoms with van der Waals surface area (Å²) in [6, 6.07) is 7.10. The maximum absolute atomic E-state index is 11.5. The van der Waals surface area contributed by atoms with Crippen molar-refractivity contribution in [3.63, 3.8) is 0 Å². The standard InChI is InChI=1S/C13H15ClO3/c1-9(15)12(7-8-13(16)17-2)10-3-5-11(14)6-4-10/h3-6,12H,7-8H2,1-2H3. The van der Waals surface area contributed by atoms with Crippen molar-refractivity contribution < 1.29 is 14.3 Å². The molecule has 17 heavy (non-hydrogen) atoms. The quantitative estimate of drug-likeness (QED) is 0.759. The van der Waals surface area contributed by atoms with Gasteiger partial charge in [-0.25, -0.2) is 0 Å². The molecule has 0 saturated heterocycles. The van der Waals surface area contributed by atoms with E-state index >= 15 is 0 Å². The number of Topliss-reactive ketones (excluding diaryl/α,β-unsaturated/α-hetero) is 1. The fourth-order valence-electron chi connectivity index (χ4n) is 1.66. The van der Waals surface area contributed by atoms with Crippen LogP contribution in [0.5, 0.6) is 0 Å². The Hall–Kier alpha value is -1.35. The van der Waals surface area contributed by atoms with Crippen LogP contribution in [-0.2, 0) is 14.3 Å². The number of ketones is 1. The van der Waals surface area contributed by atoms with Crippen molar-refractivity contribution in [1.82, 2.24) is 0 Å². The molecule has 0 aliphatic rings. The molecule has 0 aliphatic carbocycles. The fraction of sp³-hybridized carbons (Fsp3) is 0.385. The van der Waals surface area contributed by atoms with E-state index in [2.05, 4.69) is 4.74 Å². The molecule has 0 bridgehead atoms. The number of hydrogen-bond donors (Lipinski definition) is 0. The summed E-state index contributed by atoms with van der Waals surface area (Å²) < 4.78 is 4.56. The van der Waals surface area contributed by atoms with E-state index in [0.717, 1.165) is 5.56 Å². The van der Waals surface area contributed by atoms with E-state index in [1.54, 1.807) is 12.1 Å². The van der Waals surface area contributed by atoms with Gasteiger partial charge in [0.1, 0.15) is 5.78 Å². The Morgan fingerprint density at radius 3 is 2.35 bits per heavy atom. The summed E-state index contributed by atoms with van der Waals surface area (Å²) in [6.07, 6.45) is 0.701. The summed E-state index contributed by atoms with van der Waals surface area (Å²) in [5, 5.41) is 0.629. The highest BCUT2D eigenvalue weighted by molar-refractivity contribution is 6.30. The van der Waals surface area contributed by atoms with Crippen LogP contribution in [0.2, 0.25) is 5.02 Å². The van der Waals surface area contributed by atoms with Gasteiger partial charge in [0.2, 0.25) is 0 Å². The zero-order chi connectivity index (χ0) is 12.8. The predicted octanol–water partition coefficient (Wildman–Crippen LogP) is 2.97. The van der Waals surface area contributed by atoms with Crippen LogP contribution in [0.15, 0.2) is 24.3 Å². The minimum absolute atomic E-state index is 0.0382. The topological polar surface area (TPSA) is 43.4 Å². The van der Waals surface area contributed by atoms with Gasteiger partial charge in [0.05, 0.1) is 7.11 Å². The van der Waals surface area contributed by atoms with Crippen molar-refractivity contribution >= 4 is 23.4 Å². The van der Waals surface area contributed by atoms with Gasteiger partial charge in [-0.15, -0.1) is 0 Å². The highest BCUT2D eigenvalue weighted by Crippen LogP contribution is 2.24. The van der Waals surface area contributed by atoms with Crippen molar-refractivity contribution in [2.45, 2.75) is 25.7 Å². The third-order valence-electron chi connectivity index (χ3n) is 2.63. The minimum Gasteiger partial charge on any atom is -0.469 e. The Kier molecular flexibility index (Phi) is 5.16.